The van der Waals surface area contributed by atoms with Gasteiger partial charge in [0.05, 0.1) is 6.42 Å². The third kappa shape index (κ3) is 2.73. The van der Waals surface area contributed by atoms with E-state index in [0.29, 0.717) is 0 Å². The molecule has 0 atom stereocenters. The van der Waals surface area contributed by atoms with Crippen molar-refractivity contribution in [3.8, 4) is 0 Å². The van der Waals surface area contributed by atoms with Gasteiger partial charge in [-0.15, -0.1) is 0 Å². The zero-order valence-electron chi connectivity index (χ0n) is 10.7. The Bertz CT molecular complexity index is 542. The maximum absolute atomic E-state index is 11.0. The lowest BCUT2D eigenvalue weighted by Crippen LogP contribution is -2.02. The van der Waals surface area contributed by atoms with Crippen LogP contribution in [0.4, 0.5) is 0 Å². The monoisotopic (exact) mass is 245 g/mol. The van der Waals surface area contributed by atoms with E-state index in [-0.39, 0.29) is 6.42 Å². The van der Waals surface area contributed by atoms with Crippen LogP contribution in [0.1, 0.15) is 37.4 Å². The van der Waals surface area contributed by atoms with Crippen LogP contribution in [0.2, 0.25) is 0 Å². The third-order valence-electron chi connectivity index (χ3n) is 3.26. The molecule has 2 N–H and O–H groups in total. The maximum atomic E-state index is 11.0. The first-order valence-corrected chi connectivity index (χ1v) is 6.52. The summed E-state index contributed by atoms with van der Waals surface area (Å²) in [6, 6.07) is 7.92. The number of unbranched alkanes of at least 4 members (excludes halogenated alkanes) is 2. The Labute approximate surface area is 107 Å². The Morgan fingerprint density at radius 1 is 1.28 bits per heavy atom. The molecule has 1 aromatic heterocycles. The first-order valence-electron chi connectivity index (χ1n) is 6.52. The molecule has 0 aliphatic carbocycles. The van der Waals surface area contributed by atoms with E-state index >= 15 is 0 Å². The fraction of sp³-hybridized carbons (Fsp3) is 0.400. The average Bonchev–Trinajstić information content (AvgIpc) is 2.68. The number of rotatable bonds is 6. The van der Waals surface area contributed by atoms with Crippen LogP contribution in [0, 0.1) is 0 Å². The lowest BCUT2D eigenvalue weighted by Gasteiger charge is -2.02. The zero-order chi connectivity index (χ0) is 13.0. The molecule has 0 aliphatic heterocycles. The predicted octanol–water partition coefficient (Wildman–Crippen LogP) is 3.53. The number of aromatic nitrogens is 1. The summed E-state index contributed by atoms with van der Waals surface area (Å²) in [6.45, 7) is 2.17. The minimum Gasteiger partial charge on any atom is -0.481 e. The van der Waals surface area contributed by atoms with Crippen LogP contribution >= 0.6 is 0 Å². The Kier molecular flexibility index (Phi) is 4.03. The van der Waals surface area contributed by atoms with Crippen molar-refractivity contribution in [3.05, 3.63) is 35.5 Å². The Balaban J connectivity index is 2.33. The second-order valence-electron chi connectivity index (χ2n) is 4.66. The van der Waals surface area contributed by atoms with Crippen molar-refractivity contribution < 1.29 is 9.90 Å². The Morgan fingerprint density at radius 2 is 2.06 bits per heavy atom. The molecule has 0 saturated carbocycles. The first-order chi connectivity index (χ1) is 8.72. The number of carboxylic acids is 1. The summed E-state index contributed by atoms with van der Waals surface area (Å²) in [5.74, 6) is -0.767. The van der Waals surface area contributed by atoms with E-state index in [1.165, 1.54) is 12.8 Å². The normalized spacial score (nSPS) is 10.9. The Morgan fingerprint density at radius 3 is 2.78 bits per heavy atom. The van der Waals surface area contributed by atoms with E-state index in [9.17, 15) is 4.79 Å². The van der Waals surface area contributed by atoms with Gasteiger partial charge in [-0.1, -0.05) is 38.0 Å². The molecule has 1 aromatic carbocycles. The number of benzene rings is 1. The van der Waals surface area contributed by atoms with E-state index in [1.54, 1.807) is 0 Å². The largest absolute Gasteiger partial charge is 0.481 e. The van der Waals surface area contributed by atoms with Crippen molar-refractivity contribution in [3.63, 3.8) is 0 Å². The molecule has 0 amide bonds. The molecule has 0 radical (unpaired) electrons. The molecule has 1 heterocycles. The highest BCUT2D eigenvalue weighted by molar-refractivity contribution is 5.88. The first kappa shape index (κ1) is 12.7. The molecule has 3 heteroatoms. The van der Waals surface area contributed by atoms with Crippen LogP contribution in [0.25, 0.3) is 10.9 Å². The zero-order valence-corrected chi connectivity index (χ0v) is 10.7. The fourth-order valence-corrected chi connectivity index (χ4v) is 2.37. The SMILES string of the molecule is CCCCCc1[nH]c2ccccc2c1CC(=O)O. The number of nitrogens with one attached hydrogen (secondary N) is 1. The minimum absolute atomic E-state index is 0.103. The van der Waals surface area contributed by atoms with Crippen LogP contribution in [0.3, 0.4) is 0 Å². The molecule has 0 saturated heterocycles. The molecule has 18 heavy (non-hydrogen) atoms. The molecule has 0 unspecified atom stereocenters. The number of hydrogen-bond donors (Lipinski definition) is 2. The van der Waals surface area contributed by atoms with Gasteiger partial charge in [-0.25, -0.2) is 0 Å². The van der Waals surface area contributed by atoms with Crippen molar-refractivity contribution in [2.24, 2.45) is 0 Å². The number of para-hydroxylation sites is 1. The fourth-order valence-electron chi connectivity index (χ4n) is 2.37. The molecule has 2 rings (SSSR count). The number of hydrogen-bond acceptors (Lipinski definition) is 1. The van der Waals surface area contributed by atoms with E-state index in [1.807, 2.05) is 24.3 Å². The second-order valence-corrected chi connectivity index (χ2v) is 4.66. The van der Waals surface area contributed by atoms with E-state index in [0.717, 1.165) is 35.0 Å². The quantitative estimate of drug-likeness (QED) is 0.765. The number of H-pyrrole nitrogens is 1. The molecule has 3 nitrogen and oxygen atoms in total. The summed E-state index contributed by atoms with van der Waals surface area (Å²) in [5, 5.41) is 10.1. The highest BCUT2D eigenvalue weighted by Crippen LogP contribution is 2.24. The summed E-state index contributed by atoms with van der Waals surface area (Å²) in [4.78, 5) is 14.3. The van der Waals surface area contributed by atoms with Crippen molar-refractivity contribution >= 4 is 16.9 Å². The van der Waals surface area contributed by atoms with Gasteiger partial charge in [0.2, 0.25) is 0 Å². The lowest BCUT2D eigenvalue weighted by molar-refractivity contribution is -0.136. The van der Waals surface area contributed by atoms with Crippen LogP contribution in [0.5, 0.6) is 0 Å². The predicted molar refractivity (Wildman–Crippen MR) is 72.9 cm³/mol. The number of aliphatic carboxylic acids is 1. The topological polar surface area (TPSA) is 53.1 Å². The Hall–Kier alpha value is -1.77. The number of carbonyl (C=O) groups is 1. The van der Waals surface area contributed by atoms with E-state index in [2.05, 4.69) is 11.9 Å². The summed E-state index contributed by atoms with van der Waals surface area (Å²) in [7, 11) is 0. The molecule has 0 bridgehead atoms. The van der Waals surface area contributed by atoms with Crippen molar-refractivity contribution in [1.82, 2.24) is 4.98 Å². The number of aromatic amines is 1. The third-order valence-corrected chi connectivity index (χ3v) is 3.26. The van der Waals surface area contributed by atoms with Crippen molar-refractivity contribution in [2.75, 3.05) is 0 Å². The van der Waals surface area contributed by atoms with Gasteiger partial charge in [0.25, 0.3) is 0 Å². The molecular weight excluding hydrogens is 226 g/mol. The second kappa shape index (κ2) is 5.71. The number of carboxylic acid groups (broad SMARTS) is 1. The summed E-state index contributed by atoms with van der Waals surface area (Å²) in [6.07, 6.45) is 4.50. The van der Waals surface area contributed by atoms with Gasteiger partial charge in [0.1, 0.15) is 0 Å². The van der Waals surface area contributed by atoms with Crippen LogP contribution in [0.15, 0.2) is 24.3 Å². The van der Waals surface area contributed by atoms with Gasteiger partial charge in [0, 0.05) is 16.6 Å². The summed E-state index contributed by atoms with van der Waals surface area (Å²) in [5.41, 5.74) is 3.08. The molecular formula is C15H19NO2. The maximum Gasteiger partial charge on any atom is 0.307 e. The highest BCUT2D eigenvalue weighted by Gasteiger charge is 2.13. The molecule has 2 aromatic rings. The molecule has 0 spiro atoms. The van der Waals surface area contributed by atoms with Gasteiger partial charge in [-0.3, -0.25) is 4.79 Å². The minimum atomic E-state index is -0.767. The molecule has 96 valence electrons. The van der Waals surface area contributed by atoms with Gasteiger partial charge < -0.3 is 10.1 Å². The van der Waals surface area contributed by atoms with Crippen LogP contribution in [-0.2, 0) is 17.6 Å². The smallest absolute Gasteiger partial charge is 0.307 e. The number of aryl methyl sites for hydroxylation is 1. The summed E-state index contributed by atoms with van der Waals surface area (Å²) >= 11 is 0. The van der Waals surface area contributed by atoms with Crippen molar-refractivity contribution in [1.29, 1.82) is 0 Å². The van der Waals surface area contributed by atoms with Gasteiger partial charge in [-0.2, -0.15) is 0 Å². The number of fused-ring (bicyclic) bond motifs is 1. The molecule has 0 fully saturated rings. The standard InChI is InChI=1S/C15H19NO2/c1-2-3-4-8-14-12(10-15(17)18)11-7-5-6-9-13(11)16-14/h5-7,9,16H,2-4,8,10H2,1H3,(H,17,18). The van der Waals surface area contributed by atoms with E-state index < -0.39 is 5.97 Å². The van der Waals surface area contributed by atoms with E-state index in [4.69, 9.17) is 5.11 Å². The summed E-state index contributed by atoms with van der Waals surface area (Å²) < 4.78 is 0. The van der Waals surface area contributed by atoms with Crippen LogP contribution in [-0.4, -0.2) is 16.1 Å². The molecule has 0 aliphatic rings. The van der Waals surface area contributed by atoms with Gasteiger partial charge in [0.15, 0.2) is 0 Å². The van der Waals surface area contributed by atoms with Crippen LogP contribution < -0.4 is 0 Å². The lowest BCUT2D eigenvalue weighted by atomic mass is 10.0. The van der Waals surface area contributed by atoms with Gasteiger partial charge in [-0.05, 0) is 24.5 Å². The van der Waals surface area contributed by atoms with Gasteiger partial charge >= 0.3 is 5.97 Å². The van der Waals surface area contributed by atoms with Crippen molar-refractivity contribution in [2.45, 2.75) is 39.0 Å². The average molecular weight is 245 g/mol. The highest BCUT2D eigenvalue weighted by atomic mass is 16.4.